The van der Waals surface area contributed by atoms with Gasteiger partial charge in [0.2, 0.25) is 23.6 Å². The molecule has 33 heteroatoms. The Labute approximate surface area is 469 Å². The molecule has 20 atom stereocenters. The van der Waals surface area contributed by atoms with Crippen LogP contribution in [0.5, 0.6) is 0 Å². The lowest BCUT2D eigenvalue weighted by molar-refractivity contribution is -0.363. The minimum atomic E-state index is -2.01. The highest BCUT2D eigenvalue weighted by Crippen LogP contribution is 2.38. The Morgan fingerprint density at radius 2 is 0.561 bits per heavy atom. The van der Waals surface area contributed by atoms with Crippen molar-refractivity contribution in [3.05, 3.63) is 0 Å². The summed E-state index contributed by atoms with van der Waals surface area (Å²) in [5.41, 5.74) is 0. The molecule has 4 rings (SSSR count). The Morgan fingerprint density at radius 3 is 0.817 bits per heavy atom. The second kappa shape index (κ2) is 31.1. The minimum Gasteiger partial charge on any atom is -0.463 e. The van der Waals surface area contributed by atoms with Crippen molar-refractivity contribution in [2.24, 2.45) is 0 Å². The standard InChI is InChI=1S/C49H72N4O29/c1-18(54)50-34-42(72-26(9)62)38(66)30(14-68-22(5)58)76-47(34)80-40-32(16-70-24(7)60)78-49(36(52-20(3)56)44(40)74-28(11)64)82-41-33(17-71-25(8)61)79-48(37(53-21(4)57)45(41)75-29(12)65)81-39-31(15-69-23(6)59)77-46(67-13)35(51-19(2)55)43(39)73-27(10)63/h30-49,66H,14-17H2,1-13H3,(H,50,54)(H,51,55)(H,52,56)(H,53,57)/t30?,31?,32?,33?,34-,35+,36+,37-,38?,39-,40-,41?,42-,43?,44?,45-,46+,47?,48?,49-/m1/s1. The van der Waals surface area contributed by atoms with Gasteiger partial charge in [-0.1, -0.05) is 0 Å². The first-order chi connectivity index (χ1) is 38.4. The summed E-state index contributed by atoms with van der Waals surface area (Å²) < 4.78 is 94.3. The van der Waals surface area contributed by atoms with Gasteiger partial charge in [0.25, 0.3) is 0 Å². The lowest BCUT2D eigenvalue weighted by atomic mass is 9.92. The molecule has 462 valence electrons. The zero-order chi connectivity index (χ0) is 61.4. The quantitative estimate of drug-likeness (QED) is 0.0481. The van der Waals surface area contributed by atoms with E-state index in [2.05, 4.69) is 21.3 Å². The molecule has 4 fully saturated rings. The van der Waals surface area contributed by atoms with E-state index in [-0.39, 0.29) is 0 Å². The Kier molecular flexibility index (Phi) is 25.7. The van der Waals surface area contributed by atoms with Crippen LogP contribution in [0.2, 0.25) is 0 Å². The third-order valence-corrected chi connectivity index (χ3v) is 12.2. The fourth-order valence-corrected chi connectivity index (χ4v) is 9.35. The Balaban J connectivity index is 1.96. The van der Waals surface area contributed by atoms with Gasteiger partial charge in [0.1, 0.15) is 99.4 Å². The highest BCUT2D eigenvalue weighted by Gasteiger charge is 2.60. The average Bonchev–Trinajstić information content (AvgIpc) is 3.57. The summed E-state index contributed by atoms with van der Waals surface area (Å²) in [7, 11) is 1.20. The number of methoxy groups -OCH3 is 1. The fourth-order valence-electron chi connectivity index (χ4n) is 9.35. The molecule has 10 unspecified atom stereocenters. The smallest absolute Gasteiger partial charge is 0.303 e. The van der Waals surface area contributed by atoms with Gasteiger partial charge in [-0.25, -0.2) is 0 Å². The SMILES string of the molecule is CO[C@H]1OC(COC(C)=O)[C@@H](OC2OC(COC(C)=O)C(O[C@H]3OC(COC(C)=O)[C@@H](OC4OC(COC(C)=O)C(O)[C@H](OC(C)=O)[C@H]4NC(C)=O)C(OC(C)=O)[C@@H]3NC(C)=O)[C@H](OC(C)=O)[C@H]2NC(C)=O)C(OC(C)=O)[C@@H]1NC(C)=O. The van der Waals surface area contributed by atoms with Crippen molar-refractivity contribution in [1.82, 2.24) is 21.3 Å². The van der Waals surface area contributed by atoms with Crippen molar-refractivity contribution in [1.29, 1.82) is 0 Å². The van der Waals surface area contributed by atoms with Crippen molar-refractivity contribution in [2.75, 3.05) is 33.5 Å². The number of aliphatic hydroxyl groups excluding tert-OH is 1. The highest BCUT2D eigenvalue weighted by molar-refractivity contribution is 5.75. The summed E-state index contributed by atoms with van der Waals surface area (Å²) in [4.78, 5) is 153. The molecule has 5 N–H and O–H groups in total. The van der Waals surface area contributed by atoms with Crippen molar-refractivity contribution >= 4 is 71.4 Å². The van der Waals surface area contributed by atoms with Crippen LogP contribution in [0.25, 0.3) is 0 Å². The number of carbonyl (C=O) groups excluding carboxylic acids is 12. The van der Waals surface area contributed by atoms with Crippen LogP contribution >= 0.6 is 0 Å². The first-order valence-electron chi connectivity index (χ1n) is 25.5. The van der Waals surface area contributed by atoms with E-state index in [0.29, 0.717) is 0 Å². The number of amides is 4. The molecule has 4 aliphatic rings. The molecule has 82 heavy (non-hydrogen) atoms. The number of carbonyl (C=O) groups is 12. The van der Waals surface area contributed by atoms with E-state index in [1.54, 1.807) is 0 Å². The lowest BCUT2D eigenvalue weighted by Crippen LogP contribution is -2.72. The van der Waals surface area contributed by atoms with Crippen molar-refractivity contribution in [3.63, 3.8) is 0 Å². The van der Waals surface area contributed by atoms with Crippen LogP contribution in [-0.4, -0.2) is 233 Å². The molecule has 0 saturated carbocycles. The van der Waals surface area contributed by atoms with Gasteiger partial charge >= 0.3 is 47.8 Å². The second-order valence-corrected chi connectivity index (χ2v) is 19.1. The molecule has 0 aromatic heterocycles. The largest absolute Gasteiger partial charge is 0.463 e. The van der Waals surface area contributed by atoms with E-state index in [9.17, 15) is 62.6 Å². The van der Waals surface area contributed by atoms with Gasteiger partial charge in [-0.3, -0.25) is 57.5 Å². The van der Waals surface area contributed by atoms with E-state index in [0.717, 1.165) is 83.1 Å². The number of aliphatic hydroxyl groups is 1. The Morgan fingerprint density at radius 1 is 0.329 bits per heavy atom. The highest BCUT2D eigenvalue weighted by atomic mass is 16.8. The molecule has 33 nitrogen and oxygen atoms in total. The van der Waals surface area contributed by atoms with Crippen LogP contribution in [-0.2, 0) is 133 Å². The summed E-state index contributed by atoms with van der Waals surface area (Å²) in [5, 5.41) is 21.6. The van der Waals surface area contributed by atoms with Gasteiger partial charge in [-0.15, -0.1) is 0 Å². The van der Waals surface area contributed by atoms with Crippen LogP contribution in [0.3, 0.4) is 0 Å². The Bertz CT molecular complexity index is 2320. The van der Waals surface area contributed by atoms with Crippen LogP contribution in [0.1, 0.15) is 83.1 Å². The predicted molar refractivity (Wildman–Crippen MR) is 261 cm³/mol. The molecular formula is C49H72N4O29. The van der Waals surface area contributed by atoms with E-state index >= 15 is 0 Å². The van der Waals surface area contributed by atoms with Crippen molar-refractivity contribution < 1.29 is 138 Å². The zero-order valence-corrected chi connectivity index (χ0v) is 47.3. The minimum absolute atomic E-state index is 0.617. The maximum absolute atomic E-state index is 13.3. The van der Waals surface area contributed by atoms with Crippen LogP contribution < -0.4 is 21.3 Å². The molecular weight excluding hydrogens is 1110 g/mol. The molecule has 4 heterocycles. The summed E-state index contributed by atoms with van der Waals surface area (Å²) >= 11 is 0. The second-order valence-electron chi connectivity index (χ2n) is 19.1. The summed E-state index contributed by atoms with van der Waals surface area (Å²) in [6.07, 6.45) is -27.9. The van der Waals surface area contributed by atoms with Crippen molar-refractivity contribution in [3.8, 4) is 0 Å². The molecule has 0 aliphatic carbocycles. The van der Waals surface area contributed by atoms with E-state index in [1.807, 2.05) is 0 Å². The third kappa shape index (κ3) is 19.7. The lowest BCUT2D eigenvalue weighted by Gasteiger charge is -2.52. The number of hydrogen-bond donors (Lipinski definition) is 5. The molecule has 4 aliphatic heterocycles. The van der Waals surface area contributed by atoms with Crippen LogP contribution in [0.15, 0.2) is 0 Å². The Hall–Kier alpha value is -6.72. The molecule has 0 radical (unpaired) electrons. The maximum Gasteiger partial charge on any atom is 0.303 e. The fraction of sp³-hybridized carbons (Fsp3) is 0.755. The van der Waals surface area contributed by atoms with Gasteiger partial charge in [-0.2, -0.15) is 0 Å². The van der Waals surface area contributed by atoms with Gasteiger partial charge in [-0.05, 0) is 0 Å². The van der Waals surface area contributed by atoms with Gasteiger partial charge in [0.15, 0.2) is 49.6 Å². The van der Waals surface area contributed by atoms with Crippen molar-refractivity contribution in [2.45, 2.75) is 206 Å². The third-order valence-electron chi connectivity index (χ3n) is 12.2. The molecule has 4 saturated heterocycles. The van der Waals surface area contributed by atoms with E-state index < -0.39 is 220 Å². The average molecular weight is 1180 g/mol. The van der Waals surface area contributed by atoms with E-state index in [4.69, 9.17) is 75.8 Å². The van der Waals surface area contributed by atoms with Gasteiger partial charge in [0.05, 0.1) is 0 Å². The zero-order valence-electron chi connectivity index (χ0n) is 47.3. The first kappa shape index (κ1) is 67.8. The normalized spacial score (nSPS) is 33.3. The summed E-state index contributed by atoms with van der Waals surface area (Å²) in [6, 6.07) is -6.53. The molecule has 0 bridgehead atoms. The molecule has 0 aromatic rings. The van der Waals surface area contributed by atoms with E-state index in [1.165, 1.54) is 7.11 Å². The topological polar surface area (TPSA) is 421 Å². The number of ether oxygens (including phenoxy) is 16. The maximum atomic E-state index is 13.3. The molecule has 0 aromatic carbocycles. The summed E-state index contributed by atoms with van der Waals surface area (Å²) in [6.45, 7) is 9.50. The van der Waals surface area contributed by atoms with Crippen LogP contribution in [0.4, 0.5) is 0 Å². The van der Waals surface area contributed by atoms with Gasteiger partial charge < -0.3 is 102 Å². The number of rotatable bonds is 23. The summed E-state index contributed by atoms with van der Waals surface area (Å²) in [5.74, 6) is -10.5. The molecule has 0 spiro atoms. The monoisotopic (exact) mass is 1180 g/mol. The van der Waals surface area contributed by atoms with Gasteiger partial charge in [0, 0.05) is 90.2 Å². The van der Waals surface area contributed by atoms with Crippen LogP contribution in [0, 0.1) is 0 Å². The number of esters is 8. The first-order valence-corrected chi connectivity index (χ1v) is 25.5. The molecule has 4 amide bonds. The number of nitrogens with one attached hydrogen (secondary N) is 4. The number of hydrogen-bond acceptors (Lipinski definition) is 29. The predicted octanol–water partition coefficient (Wildman–Crippen LogP) is -3.95.